The highest BCUT2D eigenvalue weighted by atomic mass is 16.6. The van der Waals surface area contributed by atoms with Gasteiger partial charge in [-0.15, -0.1) is 12.3 Å². The van der Waals surface area contributed by atoms with E-state index >= 15 is 0 Å². The Morgan fingerprint density at radius 1 is 1.13 bits per heavy atom. The van der Waals surface area contributed by atoms with Gasteiger partial charge in [0, 0.05) is 6.42 Å². The molecule has 0 aliphatic carbocycles. The first-order chi connectivity index (χ1) is 10.6. The van der Waals surface area contributed by atoms with Crippen LogP contribution in [0.25, 0.3) is 0 Å². The van der Waals surface area contributed by atoms with Crippen LogP contribution in [0, 0.1) is 18.3 Å². The summed E-state index contributed by atoms with van der Waals surface area (Å²) >= 11 is 0. The largest absolute Gasteiger partial charge is 0.469 e. The summed E-state index contributed by atoms with van der Waals surface area (Å²) in [5, 5.41) is 2.41. The number of nitrogens with one attached hydrogen (secondary N) is 1. The van der Waals surface area contributed by atoms with Gasteiger partial charge in [0.15, 0.2) is 0 Å². The van der Waals surface area contributed by atoms with Crippen LogP contribution in [-0.4, -0.2) is 43.9 Å². The summed E-state index contributed by atoms with van der Waals surface area (Å²) in [5.74, 6) is 0.625. The van der Waals surface area contributed by atoms with Crippen LogP contribution in [0.5, 0.6) is 0 Å². The van der Waals surface area contributed by atoms with Crippen molar-refractivity contribution in [2.45, 2.75) is 51.7 Å². The van der Waals surface area contributed by atoms with Crippen molar-refractivity contribution in [3.8, 4) is 12.3 Å². The molecule has 0 aromatic rings. The van der Waals surface area contributed by atoms with E-state index in [1.54, 1.807) is 20.8 Å². The molecule has 0 saturated heterocycles. The number of carbonyl (C=O) groups is 3. The van der Waals surface area contributed by atoms with Gasteiger partial charge in [0.05, 0.1) is 20.1 Å². The first-order valence-electron chi connectivity index (χ1n) is 7.23. The summed E-state index contributed by atoms with van der Waals surface area (Å²) in [5.41, 5.74) is -0.712. The molecular formula is C16H25NO6. The van der Waals surface area contributed by atoms with E-state index < -0.39 is 35.6 Å². The SMILES string of the molecule is C#CCC[C@@H](C[C@H](NC(=O)OC(C)(C)C)C(=O)OC)C(=O)OC. The predicted octanol–water partition coefficient (Wildman–Crippen LogP) is 1.65. The van der Waals surface area contributed by atoms with Crippen LogP contribution in [0.3, 0.4) is 0 Å². The summed E-state index contributed by atoms with van der Waals surface area (Å²) in [6, 6.07) is -1.03. The molecule has 0 rings (SSSR count). The molecule has 1 amide bonds. The summed E-state index contributed by atoms with van der Waals surface area (Å²) in [6.07, 6.45) is 5.13. The Bertz CT molecular complexity index is 460. The maximum Gasteiger partial charge on any atom is 0.408 e. The Hall–Kier alpha value is -2.23. The Labute approximate surface area is 137 Å². The smallest absolute Gasteiger partial charge is 0.408 e. The zero-order valence-electron chi connectivity index (χ0n) is 14.3. The molecule has 0 spiro atoms. The van der Waals surface area contributed by atoms with Crippen LogP contribution in [0.15, 0.2) is 0 Å². The van der Waals surface area contributed by atoms with Gasteiger partial charge in [-0.1, -0.05) is 0 Å². The van der Waals surface area contributed by atoms with Crippen LogP contribution >= 0.6 is 0 Å². The van der Waals surface area contributed by atoms with Gasteiger partial charge in [-0.25, -0.2) is 9.59 Å². The number of esters is 2. The molecule has 7 nitrogen and oxygen atoms in total. The van der Waals surface area contributed by atoms with Crippen LogP contribution in [0.1, 0.15) is 40.0 Å². The molecule has 0 aromatic carbocycles. The molecule has 130 valence electrons. The van der Waals surface area contributed by atoms with Crippen molar-refractivity contribution in [2.75, 3.05) is 14.2 Å². The molecule has 2 atom stereocenters. The van der Waals surface area contributed by atoms with Gasteiger partial charge in [-0.2, -0.15) is 0 Å². The van der Waals surface area contributed by atoms with Crippen molar-refractivity contribution in [3.05, 3.63) is 0 Å². The van der Waals surface area contributed by atoms with Crippen molar-refractivity contribution in [1.29, 1.82) is 0 Å². The highest BCUT2D eigenvalue weighted by Gasteiger charge is 2.31. The van der Waals surface area contributed by atoms with E-state index in [9.17, 15) is 14.4 Å². The van der Waals surface area contributed by atoms with Gasteiger partial charge in [-0.05, 0) is 33.6 Å². The monoisotopic (exact) mass is 327 g/mol. The quantitative estimate of drug-likeness (QED) is 0.434. The molecule has 0 unspecified atom stereocenters. The van der Waals surface area contributed by atoms with Gasteiger partial charge in [-0.3, -0.25) is 4.79 Å². The number of methoxy groups -OCH3 is 2. The predicted molar refractivity (Wildman–Crippen MR) is 83.4 cm³/mol. The highest BCUT2D eigenvalue weighted by Crippen LogP contribution is 2.17. The van der Waals surface area contributed by atoms with E-state index in [-0.39, 0.29) is 6.42 Å². The molecule has 0 aliphatic rings. The highest BCUT2D eigenvalue weighted by molar-refractivity contribution is 5.82. The first-order valence-corrected chi connectivity index (χ1v) is 7.23. The fourth-order valence-corrected chi connectivity index (χ4v) is 1.85. The number of carbonyl (C=O) groups excluding carboxylic acids is 3. The number of ether oxygens (including phenoxy) is 3. The van der Waals surface area contributed by atoms with Crippen LogP contribution in [0.2, 0.25) is 0 Å². The first kappa shape index (κ1) is 20.8. The van der Waals surface area contributed by atoms with E-state index in [0.717, 1.165) is 0 Å². The number of hydrogen-bond donors (Lipinski definition) is 1. The zero-order chi connectivity index (χ0) is 18.0. The molecule has 0 fully saturated rings. The van der Waals surface area contributed by atoms with Crippen molar-refractivity contribution in [1.82, 2.24) is 5.32 Å². The van der Waals surface area contributed by atoms with Gasteiger partial charge in [0.1, 0.15) is 11.6 Å². The number of rotatable bonds is 7. The summed E-state index contributed by atoms with van der Waals surface area (Å²) in [6.45, 7) is 5.09. The maximum absolute atomic E-state index is 11.8. The van der Waals surface area contributed by atoms with Crippen molar-refractivity contribution in [3.63, 3.8) is 0 Å². The molecule has 7 heteroatoms. The van der Waals surface area contributed by atoms with Crippen molar-refractivity contribution >= 4 is 18.0 Å². The van der Waals surface area contributed by atoms with Crippen molar-refractivity contribution < 1.29 is 28.6 Å². The number of amides is 1. The van der Waals surface area contributed by atoms with Gasteiger partial charge < -0.3 is 19.5 Å². The molecule has 1 N–H and O–H groups in total. The third kappa shape index (κ3) is 8.71. The minimum Gasteiger partial charge on any atom is -0.469 e. The second-order valence-electron chi connectivity index (χ2n) is 5.92. The lowest BCUT2D eigenvalue weighted by Crippen LogP contribution is -2.45. The molecule has 0 bridgehead atoms. The number of alkyl carbamates (subject to hydrolysis) is 1. The lowest BCUT2D eigenvalue weighted by atomic mass is 9.95. The molecule has 0 heterocycles. The second-order valence-corrected chi connectivity index (χ2v) is 5.92. The zero-order valence-corrected chi connectivity index (χ0v) is 14.3. The lowest BCUT2D eigenvalue weighted by molar-refractivity contribution is -0.148. The molecule has 0 saturated carbocycles. The van der Waals surface area contributed by atoms with E-state index in [2.05, 4.69) is 16.0 Å². The Morgan fingerprint density at radius 2 is 1.70 bits per heavy atom. The van der Waals surface area contributed by atoms with Gasteiger partial charge >= 0.3 is 18.0 Å². The van der Waals surface area contributed by atoms with Gasteiger partial charge in [0.25, 0.3) is 0 Å². The summed E-state index contributed by atoms with van der Waals surface area (Å²) < 4.78 is 14.5. The van der Waals surface area contributed by atoms with E-state index in [1.807, 2.05) is 0 Å². The standard InChI is InChI=1S/C16H25NO6/c1-7-8-9-11(13(18)21-5)10-12(14(19)22-6)17-15(20)23-16(2,3)4/h1,11-12H,8-10H2,2-6H3,(H,17,20)/t11-,12-/m0/s1. The normalized spacial score (nSPS) is 13.2. The third-order valence-electron chi connectivity index (χ3n) is 2.87. The fourth-order valence-electron chi connectivity index (χ4n) is 1.85. The topological polar surface area (TPSA) is 90.9 Å². The summed E-state index contributed by atoms with van der Waals surface area (Å²) in [4.78, 5) is 35.5. The lowest BCUT2D eigenvalue weighted by Gasteiger charge is -2.24. The van der Waals surface area contributed by atoms with Crippen LogP contribution < -0.4 is 5.32 Å². The summed E-state index contributed by atoms with van der Waals surface area (Å²) in [7, 11) is 2.44. The van der Waals surface area contributed by atoms with E-state index in [0.29, 0.717) is 12.8 Å². The Kier molecular flexibility index (Phi) is 8.78. The third-order valence-corrected chi connectivity index (χ3v) is 2.87. The molecule has 0 radical (unpaired) electrons. The second kappa shape index (κ2) is 9.72. The Balaban J connectivity index is 5.00. The molecule has 23 heavy (non-hydrogen) atoms. The van der Waals surface area contributed by atoms with Crippen LogP contribution in [0.4, 0.5) is 4.79 Å². The van der Waals surface area contributed by atoms with Gasteiger partial charge in [0.2, 0.25) is 0 Å². The average molecular weight is 327 g/mol. The number of hydrogen-bond acceptors (Lipinski definition) is 6. The molecular weight excluding hydrogens is 302 g/mol. The number of terminal acetylenes is 1. The molecule has 0 aliphatic heterocycles. The maximum atomic E-state index is 11.8. The van der Waals surface area contributed by atoms with E-state index in [4.69, 9.17) is 15.9 Å². The van der Waals surface area contributed by atoms with Crippen molar-refractivity contribution in [2.24, 2.45) is 5.92 Å². The van der Waals surface area contributed by atoms with Crippen LogP contribution in [-0.2, 0) is 23.8 Å². The Morgan fingerprint density at radius 3 is 2.13 bits per heavy atom. The minimum absolute atomic E-state index is 0.0142. The van der Waals surface area contributed by atoms with E-state index in [1.165, 1.54) is 14.2 Å². The fraction of sp³-hybridized carbons (Fsp3) is 0.688. The average Bonchev–Trinajstić information content (AvgIpc) is 2.46. The minimum atomic E-state index is -1.03. The molecule has 0 aromatic heterocycles.